The minimum Gasteiger partial charge on any atom is -0.497 e. The van der Waals surface area contributed by atoms with Crippen molar-refractivity contribution in [2.24, 2.45) is 0 Å². The molecule has 2 amide bonds. The van der Waals surface area contributed by atoms with Crippen LogP contribution < -0.4 is 24.8 Å². The Morgan fingerprint density at radius 3 is 2.20 bits per heavy atom. The van der Waals surface area contributed by atoms with Crippen molar-refractivity contribution in [3.8, 4) is 17.2 Å². The molecule has 0 aliphatic rings. The highest BCUT2D eigenvalue weighted by Crippen LogP contribution is 2.38. The van der Waals surface area contributed by atoms with Gasteiger partial charge in [0, 0.05) is 29.8 Å². The van der Waals surface area contributed by atoms with Crippen molar-refractivity contribution in [3.63, 3.8) is 0 Å². The summed E-state index contributed by atoms with van der Waals surface area (Å²) in [6.07, 6.45) is -4.83. The molecule has 0 aliphatic carbocycles. The molecule has 0 bridgehead atoms. The molecule has 2 heterocycles. The summed E-state index contributed by atoms with van der Waals surface area (Å²) in [7, 11) is 1.88. The Morgan fingerprint density at radius 2 is 1.60 bits per heavy atom. The van der Waals surface area contributed by atoms with Gasteiger partial charge in [-0.1, -0.05) is 0 Å². The normalized spacial score (nSPS) is 11.7. The number of carbonyl (C=O) groups excluding carboxylic acids is 2. The topological polar surface area (TPSA) is 115 Å². The third kappa shape index (κ3) is 5.46. The molecule has 4 rings (SSSR count). The number of hydrogen-bond donors (Lipinski definition) is 3. The monoisotopic (exact) mass is 507 g/mol. The second-order valence-corrected chi connectivity index (χ2v) is 8.72. The summed E-state index contributed by atoms with van der Waals surface area (Å²) >= 11 is 0. The number of nitrogens with zero attached hydrogens (tertiary/aromatic N) is 1. The van der Waals surface area contributed by atoms with E-state index in [2.05, 4.69) is 25.6 Å². The van der Waals surface area contributed by atoms with Crippen molar-refractivity contribution in [1.82, 2.24) is 10.2 Å². The summed E-state index contributed by atoms with van der Waals surface area (Å²) in [6.45, 7) is 0. The van der Waals surface area contributed by atoms with Crippen LogP contribution in [0.25, 0.3) is 10.2 Å². The number of halogens is 3. The largest absolute Gasteiger partial charge is 0.573 e. The lowest BCUT2D eigenvalue weighted by atomic mass is 10.2. The maximum atomic E-state index is 13.0. The molecule has 2 aromatic carbocycles. The molecule has 0 saturated carbocycles. The van der Waals surface area contributed by atoms with Crippen molar-refractivity contribution in [3.05, 3.63) is 59.5 Å². The predicted molar refractivity (Wildman–Crippen MR) is 124 cm³/mol. The lowest BCUT2D eigenvalue weighted by molar-refractivity contribution is -0.274. The first-order valence-electron chi connectivity index (χ1n) is 9.87. The Balaban J connectivity index is 1.54. The summed E-state index contributed by atoms with van der Waals surface area (Å²) in [5.74, 6) is 0.0481. The molecule has 0 saturated heterocycles. The van der Waals surface area contributed by atoms with E-state index in [9.17, 15) is 22.8 Å². The number of thiophene rings is 1. The van der Waals surface area contributed by atoms with Crippen molar-refractivity contribution >= 4 is 43.3 Å². The Labute approximate surface area is 198 Å². The molecule has 1 unspecified atom stereocenters. The van der Waals surface area contributed by atoms with Crippen molar-refractivity contribution < 1.29 is 37.0 Å². The lowest BCUT2D eigenvalue weighted by Crippen LogP contribution is -2.17. The SMILES string of the molecule is COc1cc(NC(=O)[s+]2ccc3[nH]nc(NC(=O)c4ccc(OC(F)(F)F)cc4)c32)cc(OC)c1. The van der Waals surface area contributed by atoms with Gasteiger partial charge in [-0.2, -0.15) is 5.10 Å². The number of aromatic nitrogens is 2. The molecule has 0 fully saturated rings. The van der Waals surface area contributed by atoms with E-state index in [0.29, 0.717) is 27.4 Å². The molecule has 182 valence electrons. The standard InChI is InChI=1S/C22H17F3N4O5S/c1-32-15-9-13(10-16(11-15)33-2)26-21(31)35-8-7-17-18(35)19(29-28-17)27-20(30)12-3-5-14(6-4-12)34-22(23,24)25/h3-11H,1-2H3,(H2-,26,27,28,29,30,31)/p+1. The van der Waals surface area contributed by atoms with Crippen LogP contribution in [0.15, 0.2) is 53.9 Å². The number of ether oxygens (including phenoxy) is 3. The molecule has 9 nitrogen and oxygen atoms in total. The number of carbonyl (C=O) groups is 2. The van der Waals surface area contributed by atoms with Gasteiger partial charge in [0.15, 0.2) is 5.38 Å². The van der Waals surface area contributed by atoms with Gasteiger partial charge in [0.05, 0.1) is 30.4 Å². The van der Waals surface area contributed by atoms with E-state index >= 15 is 0 Å². The van der Waals surface area contributed by atoms with Crippen LogP contribution in [0.2, 0.25) is 0 Å². The Morgan fingerprint density at radius 1 is 0.943 bits per heavy atom. The summed E-state index contributed by atoms with van der Waals surface area (Å²) < 4.78 is 51.7. The third-order valence-corrected chi connectivity index (χ3v) is 6.48. The van der Waals surface area contributed by atoms with Crippen LogP contribution in [-0.2, 0) is 0 Å². The molecular formula is C22H18F3N4O5S+. The fraction of sp³-hybridized carbons (Fsp3) is 0.136. The number of benzene rings is 2. The van der Waals surface area contributed by atoms with E-state index in [1.165, 1.54) is 26.4 Å². The van der Waals surface area contributed by atoms with E-state index in [-0.39, 0.29) is 16.6 Å². The highest BCUT2D eigenvalue weighted by atomic mass is 32.2. The van der Waals surface area contributed by atoms with Gasteiger partial charge in [-0.15, -0.1) is 13.2 Å². The number of fused-ring (bicyclic) bond motifs is 1. The maximum absolute atomic E-state index is 13.0. The minimum absolute atomic E-state index is 0.0787. The average Bonchev–Trinajstić information content (AvgIpc) is 3.41. The van der Waals surface area contributed by atoms with E-state index < -0.39 is 28.5 Å². The zero-order valence-electron chi connectivity index (χ0n) is 18.2. The summed E-state index contributed by atoms with van der Waals surface area (Å²) in [5.41, 5.74) is 1.08. The smallest absolute Gasteiger partial charge is 0.497 e. The summed E-state index contributed by atoms with van der Waals surface area (Å²) in [4.78, 5) is 25.7. The average molecular weight is 507 g/mol. The third-order valence-electron chi connectivity index (χ3n) is 4.72. The number of rotatable bonds is 7. The molecular weight excluding hydrogens is 489 g/mol. The predicted octanol–water partition coefficient (Wildman–Crippen LogP) is 5.56. The number of hydrogen-bond acceptors (Lipinski definition) is 6. The quantitative estimate of drug-likeness (QED) is 0.282. The van der Waals surface area contributed by atoms with Crippen molar-refractivity contribution in [1.29, 1.82) is 0 Å². The van der Waals surface area contributed by atoms with Crippen LogP contribution in [0, 0.1) is 0 Å². The Hall–Kier alpha value is -4.26. The van der Waals surface area contributed by atoms with Gasteiger partial charge in [0.2, 0.25) is 5.82 Å². The van der Waals surface area contributed by atoms with Crippen LogP contribution in [0.1, 0.15) is 10.4 Å². The number of aromatic amines is 1. The first-order valence-corrected chi connectivity index (χ1v) is 11.2. The molecule has 35 heavy (non-hydrogen) atoms. The molecule has 3 N–H and O–H groups in total. The zero-order valence-corrected chi connectivity index (χ0v) is 19.0. The number of anilines is 2. The first kappa shape index (κ1) is 23.9. The van der Waals surface area contributed by atoms with Gasteiger partial charge in [-0.05, 0) is 24.3 Å². The van der Waals surface area contributed by atoms with Gasteiger partial charge in [-0.3, -0.25) is 15.2 Å². The van der Waals surface area contributed by atoms with E-state index in [4.69, 9.17) is 9.47 Å². The first-order chi connectivity index (χ1) is 16.7. The summed E-state index contributed by atoms with van der Waals surface area (Å²) in [6, 6.07) is 11.0. The number of amides is 2. The van der Waals surface area contributed by atoms with Crippen LogP contribution in [0.3, 0.4) is 0 Å². The van der Waals surface area contributed by atoms with Gasteiger partial charge in [-0.25, -0.2) is 4.79 Å². The van der Waals surface area contributed by atoms with Gasteiger partial charge < -0.3 is 19.5 Å². The maximum Gasteiger partial charge on any atom is 0.573 e. The molecule has 0 spiro atoms. The second kappa shape index (κ2) is 9.54. The van der Waals surface area contributed by atoms with E-state index in [1.54, 1.807) is 29.6 Å². The Kier molecular flexibility index (Phi) is 6.51. The fourth-order valence-corrected chi connectivity index (χ4v) is 4.76. The Bertz CT molecular complexity index is 1360. The van der Waals surface area contributed by atoms with Gasteiger partial charge in [0.25, 0.3) is 10.6 Å². The molecule has 0 radical (unpaired) electrons. The van der Waals surface area contributed by atoms with Crippen molar-refractivity contribution in [2.75, 3.05) is 24.9 Å². The molecule has 4 aromatic rings. The highest BCUT2D eigenvalue weighted by molar-refractivity contribution is 7.55. The minimum atomic E-state index is -4.83. The van der Waals surface area contributed by atoms with Crippen LogP contribution in [0.4, 0.5) is 29.5 Å². The molecule has 13 heteroatoms. The van der Waals surface area contributed by atoms with E-state index in [1.807, 2.05) is 0 Å². The van der Waals surface area contributed by atoms with Gasteiger partial charge in [0.1, 0.15) is 22.8 Å². The molecule has 2 aromatic heterocycles. The highest BCUT2D eigenvalue weighted by Gasteiger charge is 2.31. The number of alkyl halides is 3. The van der Waals surface area contributed by atoms with E-state index in [0.717, 1.165) is 12.1 Å². The lowest BCUT2D eigenvalue weighted by Gasteiger charge is -2.09. The summed E-state index contributed by atoms with van der Waals surface area (Å²) in [5, 5.41) is 13.5. The zero-order chi connectivity index (χ0) is 25.2. The van der Waals surface area contributed by atoms with Crippen LogP contribution >= 0.6 is 10.5 Å². The van der Waals surface area contributed by atoms with Crippen molar-refractivity contribution in [2.45, 2.75) is 6.36 Å². The second-order valence-electron chi connectivity index (χ2n) is 7.00. The van der Waals surface area contributed by atoms with Crippen LogP contribution in [-0.4, -0.2) is 41.9 Å². The number of H-pyrrole nitrogens is 1. The molecule has 1 atom stereocenters. The number of methoxy groups -OCH3 is 2. The number of nitrogens with one attached hydrogen (secondary N) is 3. The van der Waals surface area contributed by atoms with Crippen LogP contribution in [0.5, 0.6) is 17.2 Å². The van der Waals surface area contributed by atoms with Gasteiger partial charge >= 0.3 is 11.6 Å². The molecule has 0 aliphatic heterocycles. The fourth-order valence-electron chi connectivity index (χ4n) is 3.16.